The lowest BCUT2D eigenvalue weighted by atomic mass is 9.67. The second-order valence-corrected chi connectivity index (χ2v) is 6.42. The number of nitrogens with two attached hydrogens (primary N) is 1. The third-order valence-corrected chi connectivity index (χ3v) is 5.70. The molecule has 0 aromatic rings. The number of hydrogen-bond acceptors (Lipinski definition) is 1. The molecule has 4 rings (SSSR count). The minimum absolute atomic E-state index is 0.171. The molecule has 0 heterocycles. The molecular formula is C13H19N. The van der Waals surface area contributed by atoms with Crippen LogP contribution in [0.3, 0.4) is 0 Å². The van der Waals surface area contributed by atoms with Gasteiger partial charge in [0.15, 0.2) is 0 Å². The maximum atomic E-state index is 6.43. The molecule has 0 aliphatic heterocycles. The number of fused-ring (bicyclic) bond motifs is 9. The maximum absolute atomic E-state index is 6.43. The van der Waals surface area contributed by atoms with Gasteiger partial charge in [0, 0.05) is 5.54 Å². The van der Waals surface area contributed by atoms with Gasteiger partial charge < -0.3 is 5.73 Å². The van der Waals surface area contributed by atoms with Crippen LogP contribution < -0.4 is 5.73 Å². The third-order valence-electron chi connectivity index (χ3n) is 5.70. The van der Waals surface area contributed by atoms with Crippen LogP contribution >= 0.6 is 0 Å². The van der Waals surface area contributed by atoms with Gasteiger partial charge in [0.25, 0.3) is 0 Å². The van der Waals surface area contributed by atoms with E-state index >= 15 is 0 Å². The van der Waals surface area contributed by atoms with Gasteiger partial charge in [0.1, 0.15) is 0 Å². The van der Waals surface area contributed by atoms with Crippen molar-refractivity contribution in [3.8, 4) is 0 Å². The topological polar surface area (TPSA) is 26.0 Å². The summed E-state index contributed by atoms with van der Waals surface area (Å²) < 4.78 is 0. The van der Waals surface area contributed by atoms with Gasteiger partial charge in [0.05, 0.1) is 0 Å². The van der Waals surface area contributed by atoms with Crippen molar-refractivity contribution < 1.29 is 0 Å². The number of allylic oxidation sites excluding steroid dienone is 2. The van der Waals surface area contributed by atoms with Crippen LogP contribution in [0, 0.1) is 35.5 Å². The van der Waals surface area contributed by atoms with Crippen molar-refractivity contribution in [2.75, 3.05) is 0 Å². The smallest absolute Gasteiger partial charge is 0.0160 e. The standard InChI is InChI=1S/C13H19N/c1-13(14)6-9-5-10(13)12-8-3-2-7(4-8)11(9)12/h2-3,7-12H,4-6,14H2,1H3. The Bertz CT molecular complexity index is 317. The van der Waals surface area contributed by atoms with Crippen molar-refractivity contribution in [1.29, 1.82) is 0 Å². The normalized spacial score (nSPS) is 67.9. The molecule has 0 aromatic heterocycles. The second kappa shape index (κ2) is 2.11. The third kappa shape index (κ3) is 0.701. The van der Waals surface area contributed by atoms with Crippen molar-refractivity contribution in [3.63, 3.8) is 0 Å². The molecule has 3 saturated carbocycles. The molecule has 14 heavy (non-hydrogen) atoms. The molecule has 0 aromatic carbocycles. The van der Waals surface area contributed by atoms with Crippen LogP contribution in [-0.2, 0) is 0 Å². The first kappa shape index (κ1) is 7.92. The first-order valence-corrected chi connectivity index (χ1v) is 6.14. The van der Waals surface area contributed by atoms with Crippen molar-refractivity contribution in [3.05, 3.63) is 12.2 Å². The molecule has 3 fully saturated rings. The van der Waals surface area contributed by atoms with E-state index < -0.39 is 0 Å². The Balaban J connectivity index is 1.79. The first-order valence-electron chi connectivity index (χ1n) is 6.14. The summed E-state index contributed by atoms with van der Waals surface area (Å²) in [4.78, 5) is 0. The van der Waals surface area contributed by atoms with Crippen molar-refractivity contribution in [2.24, 2.45) is 41.2 Å². The van der Waals surface area contributed by atoms with Crippen LogP contribution in [0.4, 0.5) is 0 Å². The summed E-state index contributed by atoms with van der Waals surface area (Å²) in [6, 6.07) is 0. The van der Waals surface area contributed by atoms with Gasteiger partial charge in [-0.1, -0.05) is 12.2 Å². The number of rotatable bonds is 0. The van der Waals surface area contributed by atoms with E-state index in [1.165, 1.54) is 19.3 Å². The quantitative estimate of drug-likeness (QED) is 0.459. The highest BCUT2D eigenvalue weighted by atomic mass is 14.8. The summed E-state index contributed by atoms with van der Waals surface area (Å²) in [5, 5.41) is 0. The Morgan fingerprint density at radius 1 is 1.14 bits per heavy atom. The summed E-state index contributed by atoms with van der Waals surface area (Å²) in [6.45, 7) is 2.30. The highest BCUT2D eigenvalue weighted by molar-refractivity contribution is 5.23. The summed E-state index contributed by atoms with van der Waals surface area (Å²) in [5.41, 5.74) is 6.60. The van der Waals surface area contributed by atoms with E-state index in [-0.39, 0.29) is 5.54 Å². The SMILES string of the molecule is CC1(N)CC2CC1C1C3C=CC(C3)C21. The minimum atomic E-state index is 0.171. The molecule has 76 valence electrons. The predicted molar refractivity (Wildman–Crippen MR) is 56.5 cm³/mol. The van der Waals surface area contributed by atoms with Gasteiger partial charge in [-0.25, -0.2) is 0 Å². The van der Waals surface area contributed by atoms with Crippen LogP contribution in [0.15, 0.2) is 12.2 Å². The van der Waals surface area contributed by atoms with E-state index in [1.54, 1.807) is 0 Å². The zero-order valence-electron chi connectivity index (χ0n) is 8.82. The van der Waals surface area contributed by atoms with Crippen LogP contribution in [-0.4, -0.2) is 5.54 Å². The van der Waals surface area contributed by atoms with Gasteiger partial charge in [-0.15, -0.1) is 0 Å². The van der Waals surface area contributed by atoms with Crippen LogP contribution in [0.25, 0.3) is 0 Å². The average Bonchev–Trinajstić information content (AvgIpc) is 2.73. The Kier molecular flexibility index (Phi) is 1.19. The van der Waals surface area contributed by atoms with Crippen LogP contribution in [0.1, 0.15) is 26.2 Å². The van der Waals surface area contributed by atoms with E-state index in [0.717, 1.165) is 35.5 Å². The molecule has 0 spiro atoms. The Morgan fingerprint density at radius 3 is 2.64 bits per heavy atom. The minimum Gasteiger partial charge on any atom is -0.325 e. The fourth-order valence-corrected chi connectivity index (χ4v) is 5.41. The fourth-order valence-electron chi connectivity index (χ4n) is 5.41. The van der Waals surface area contributed by atoms with Crippen LogP contribution in [0.2, 0.25) is 0 Å². The Labute approximate surface area is 85.7 Å². The van der Waals surface area contributed by atoms with Crippen molar-refractivity contribution >= 4 is 0 Å². The van der Waals surface area contributed by atoms with E-state index in [4.69, 9.17) is 5.73 Å². The molecule has 1 heteroatoms. The summed E-state index contributed by atoms with van der Waals surface area (Å²) >= 11 is 0. The van der Waals surface area contributed by atoms with E-state index in [0.29, 0.717) is 0 Å². The molecule has 7 atom stereocenters. The van der Waals surface area contributed by atoms with Gasteiger partial charge in [-0.2, -0.15) is 0 Å². The maximum Gasteiger partial charge on any atom is 0.0160 e. The van der Waals surface area contributed by atoms with E-state index in [1.807, 2.05) is 0 Å². The first-order chi connectivity index (χ1) is 6.67. The van der Waals surface area contributed by atoms with Gasteiger partial charge in [-0.3, -0.25) is 0 Å². The van der Waals surface area contributed by atoms with Crippen molar-refractivity contribution in [1.82, 2.24) is 0 Å². The molecule has 0 amide bonds. The zero-order chi connectivity index (χ0) is 9.50. The summed E-state index contributed by atoms with van der Waals surface area (Å²) in [6.07, 6.45) is 9.19. The van der Waals surface area contributed by atoms with Gasteiger partial charge in [-0.05, 0) is 61.7 Å². The van der Waals surface area contributed by atoms with E-state index in [9.17, 15) is 0 Å². The van der Waals surface area contributed by atoms with Gasteiger partial charge in [0.2, 0.25) is 0 Å². The largest absolute Gasteiger partial charge is 0.325 e. The molecule has 2 N–H and O–H groups in total. The van der Waals surface area contributed by atoms with Crippen molar-refractivity contribution in [2.45, 2.75) is 31.7 Å². The summed E-state index contributed by atoms with van der Waals surface area (Å²) in [5.74, 6) is 5.67. The average molecular weight is 189 g/mol. The molecule has 4 aliphatic rings. The predicted octanol–water partition coefficient (Wildman–Crippen LogP) is 2.18. The second-order valence-electron chi connectivity index (χ2n) is 6.42. The molecule has 0 radical (unpaired) electrons. The molecule has 0 saturated heterocycles. The lowest BCUT2D eigenvalue weighted by molar-refractivity contribution is 0.135. The Hall–Kier alpha value is -0.300. The number of hydrogen-bond donors (Lipinski definition) is 1. The molecular weight excluding hydrogens is 170 g/mol. The molecule has 4 bridgehead atoms. The zero-order valence-corrected chi connectivity index (χ0v) is 8.82. The highest BCUT2D eigenvalue weighted by Gasteiger charge is 2.63. The highest BCUT2D eigenvalue weighted by Crippen LogP contribution is 2.67. The Morgan fingerprint density at radius 2 is 1.86 bits per heavy atom. The molecule has 4 aliphatic carbocycles. The lowest BCUT2D eigenvalue weighted by Gasteiger charge is -2.41. The summed E-state index contributed by atoms with van der Waals surface area (Å²) in [7, 11) is 0. The van der Waals surface area contributed by atoms with Gasteiger partial charge >= 0.3 is 0 Å². The van der Waals surface area contributed by atoms with Crippen LogP contribution in [0.5, 0.6) is 0 Å². The van der Waals surface area contributed by atoms with E-state index in [2.05, 4.69) is 19.1 Å². The molecule has 7 unspecified atom stereocenters. The fraction of sp³-hybridized carbons (Fsp3) is 0.846. The lowest BCUT2D eigenvalue weighted by Crippen LogP contribution is -2.48. The monoisotopic (exact) mass is 189 g/mol. The molecule has 1 nitrogen and oxygen atoms in total.